The Bertz CT molecular complexity index is 3680. The molecule has 11 aromatic rings. The maximum Gasteiger partial charge on any atom is 0.0979 e. The first-order valence-corrected chi connectivity index (χ1v) is 21.8. The molecule has 10 aromatic carbocycles. The zero-order chi connectivity index (χ0) is 41.5. The van der Waals surface area contributed by atoms with E-state index < -0.39 is 0 Å². The standard InChI is InChI=1S/C60H42N2/c1-59(2)49-24-10-8-18-39(49)46-22-14-20-44(55(46)59)37-29-28-36-34-48(58-57(35-16-6-5-7-17-35)61-51-26-12-13-27-52(51)62-58)43-31-30-38(42-33-32-41(37)53(36)54(42)43)45-21-15-23-47-40-19-9-11-25-50(40)60(3,4)56(45)47/h5-34H,1-4H3. The highest BCUT2D eigenvalue weighted by molar-refractivity contribution is 6.30. The van der Waals surface area contributed by atoms with Crippen LogP contribution < -0.4 is 0 Å². The monoisotopic (exact) mass is 790 g/mol. The van der Waals surface area contributed by atoms with Crippen LogP contribution in [-0.4, -0.2) is 9.97 Å². The minimum atomic E-state index is -0.159. The van der Waals surface area contributed by atoms with E-state index in [1.165, 1.54) is 99.1 Å². The lowest BCUT2D eigenvalue weighted by Gasteiger charge is -2.26. The molecule has 0 fully saturated rings. The van der Waals surface area contributed by atoms with E-state index in [1.807, 2.05) is 6.07 Å². The van der Waals surface area contributed by atoms with Crippen LogP contribution in [0.3, 0.4) is 0 Å². The fraction of sp³-hybridized carbons (Fsp3) is 0.100. The van der Waals surface area contributed by atoms with Gasteiger partial charge in [-0.25, -0.2) is 9.97 Å². The molecule has 0 aliphatic heterocycles. The average molecular weight is 791 g/mol. The number of benzene rings is 10. The van der Waals surface area contributed by atoms with E-state index in [-0.39, 0.29) is 10.8 Å². The van der Waals surface area contributed by atoms with Gasteiger partial charge in [-0.2, -0.15) is 0 Å². The third-order valence-corrected chi connectivity index (χ3v) is 14.4. The molecule has 0 unspecified atom stereocenters. The van der Waals surface area contributed by atoms with Gasteiger partial charge in [-0.1, -0.05) is 191 Å². The Labute approximate surface area is 361 Å². The van der Waals surface area contributed by atoms with E-state index in [4.69, 9.17) is 9.97 Å². The Hall–Kier alpha value is -7.42. The van der Waals surface area contributed by atoms with Crippen LogP contribution in [0.25, 0.3) is 110 Å². The molecule has 1 aromatic heterocycles. The van der Waals surface area contributed by atoms with Crippen LogP contribution in [0.1, 0.15) is 49.9 Å². The van der Waals surface area contributed by atoms with Crippen molar-refractivity contribution in [2.75, 3.05) is 0 Å². The molecule has 2 nitrogen and oxygen atoms in total. The average Bonchev–Trinajstić information content (AvgIpc) is 3.70. The molecule has 2 aliphatic carbocycles. The Morgan fingerprint density at radius 3 is 1.35 bits per heavy atom. The number of hydrogen-bond acceptors (Lipinski definition) is 2. The van der Waals surface area contributed by atoms with Crippen LogP contribution >= 0.6 is 0 Å². The molecule has 0 saturated heterocycles. The minimum absolute atomic E-state index is 0.145. The van der Waals surface area contributed by atoms with Crippen LogP contribution in [0.2, 0.25) is 0 Å². The summed E-state index contributed by atoms with van der Waals surface area (Å²) in [6, 6.07) is 67.2. The molecule has 62 heavy (non-hydrogen) atoms. The van der Waals surface area contributed by atoms with E-state index in [1.54, 1.807) is 0 Å². The highest BCUT2D eigenvalue weighted by Gasteiger charge is 2.39. The molecule has 0 atom stereocenters. The van der Waals surface area contributed by atoms with Gasteiger partial charge in [0, 0.05) is 22.0 Å². The van der Waals surface area contributed by atoms with Crippen molar-refractivity contribution < 1.29 is 0 Å². The van der Waals surface area contributed by atoms with Crippen LogP contribution in [0.15, 0.2) is 182 Å². The first-order valence-electron chi connectivity index (χ1n) is 21.8. The minimum Gasteiger partial charge on any atom is -0.244 e. The van der Waals surface area contributed by atoms with Crippen LogP contribution in [0.5, 0.6) is 0 Å². The fourth-order valence-corrected chi connectivity index (χ4v) is 11.7. The molecule has 0 saturated carbocycles. The Kier molecular flexibility index (Phi) is 7.16. The molecule has 2 heteroatoms. The molecule has 0 amide bonds. The van der Waals surface area contributed by atoms with Crippen molar-refractivity contribution in [3.63, 3.8) is 0 Å². The molecular weight excluding hydrogens is 749 g/mol. The summed E-state index contributed by atoms with van der Waals surface area (Å²) in [4.78, 5) is 10.8. The van der Waals surface area contributed by atoms with E-state index in [0.29, 0.717) is 0 Å². The number of aromatic nitrogens is 2. The van der Waals surface area contributed by atoms with Gasteiger partial charge in [0.25, 0.3) is 0 Å². The Morgan fingerprint density at radius 2 is 0.758 bits per heavy atom. The van der Waals surface area contributed by atoms with Crippen molar-refractivity contribution in [1.29, 1.82) is 0 Å². The Morgan fingerprint density at radius 1 is 0.323 bits per heavy atom. The maximum absolute atomic E-state index is 5.48. The normalized spacial score (nSPS) is 14.4. The van der Waals surface area contributed by atoms with Gasteiger partial charge >= 0.3 is 0 Å². The van der Waals surface area contributed by atoms with Gasteiger partial charge in [0.2, 0.25) is 0 Å². The quantitative estimate of drug-likeness (QED) is 0.166. The SMILES string of the molecule is CC1(C)c2ccccc2-c2cccc(-c3ccc4cc(-c5nc6ccccc6nc5-c5ccccc5)c5ccc(-c6cccc7c6C(C)(C)c6ccccc6-7)c6ccc3c4c65)c21. The van der Waals surface area contributed by atoms with Crippen LogP contribution in [0.4, 0.5) is 0 Å². The van der Waals surface area contributed by atoms with Crippen molar-refractivity contribution >= 4 is 43.4 Å². The van der Waals surface area contributed by atoms with E-state index in [9.17, 15) is 0 Å². The predicted molar refractivity (Wildman–Crippen MR) is 260 cm³/mol. The summed E-state index contributed by atoms with van der Waals surface area (Å²) in [7, 11) is 0. The molecule has 292 valence electrons. The molecule has 1 heterocycles. The molecule has 0 spiro atoms. The van der Waals surface area contributed by atoms with Gasteiger partial charge in [-0.3, -0.25) is 0 Å². The molecule has 13 rings (SSSR count). The summed E-state index contributed by atoms with van der Waals surface area (Å²) in [5.74, 6) is 0. The largest absolute Gasteiger partial charge is 0.244 e. The first kappa shape index (κ1) is 35.3. The summed E-state index contributed by atoms with van der Waals surface area (Å²) in [5, 5.41) is 7.45. The van der Waals surface area contributed by atoms with Gasteiger partial charge in [0.05, 0.1) is 22.4 Å². The summed E-state index contributed by atoms with van der Waals surface area (Å²) in [6.07, 6.45) is 0. The second kappa shape index (κ2) is 12.6. The van der Waals surface area contributed by atoms with Gasteiger partial charge < -0.3 is 0 Å². The Balaban J connectivity index is 1.14. The number of fused-ring (bicyclic) bond motifs is 7. The van der Waals surface area contributed by atoms with Gasteiger partial charge in [-0.05, 0) is 117 Å². The van der Waals surface area contributed by atoms with E-state index >= 15 is 0 Å². The molecular formula is C60H42N2. The summed E-state index contributed by atoms with van der Waals surface area (Å²) >= 11 is 0. The number of nitrogens with zero attached hydrogens (tertiary/aromatic N) is 2. The smallest absolute Gasteiger partial charge is 0.0979 e. The van der Waals surface area contributed by atoms with Crippen molar-refractivity contribution in [2.45, 2.75) is 38.5 Å². The first-order chi connectivity index (χ1) is 30.3. The van der Waals surface area contributed by atoms with Crippen molar-refractivity contribution in [3.8, 4) is 67.0 Å². The highest BCUT2D eigenvalue weighted by Crippen LogP contribution is 2.56. The zero-order valence-corrected chi connectivity index (χ0v) is 35.2. The fourth-order valence-electron chi connectivity index (χ4n) is 11.7. The predicted octanol–water partition coefficient (Wildman–Crippen LogP) is 15.8. The van der Waals surface area contributed by atoms with Crippen LogP contribution in [0, 0.1) is 0 Å². The van der Waals surface area contributed by atoms with Crippen molar-refractivity contribution in [2.24, 2.45) is 0 Å². The second-order valence-electron chi connectivity index (χ2n) is 18.4. The molecule has 0 radical (unpaired) electrons. The number of rotatable bonds is 4. The lowest BCUT2D eigenvalue weighted by molar-refractivity contribution is 0.662. The van der Waals surface area contributed by atoms with Gasteiger partial charge in [0.15, 0.2) is 0 Å². The van der Waals surface area contributed by atoms with Gasteiger partial charge in [0.1, 0.15) is 0 Å². The number of para-hydroxylation sites is 2. The van der Waals surface area contributed by atoms with E-state index in [2.05, 4.69) is 204 Å². The van der Waals surface area contributed by atoms with Gasteiger partial charge in [-0.15, -0.1) is 0 Å². The second-order valence-corrected chi connectivity index (χ2v) is 18.4. The lowest BCUT2D eigenvalue weighted by Crippen LogP contribution is -2.16. The third-order valence-electron chi connectivity index (χ3n) is 14.4. The summed E-state index contributed by atoms with van der Waals surface area (Å²) in [5.41, 5.74) is 21.4. The lowest BCUT2D eigenvalue weighted by atomic mass is 9.76. The molecule has 2 aliphatic rings. The summed E-state index contributed by atoms with van der Waals surface area (Å²) < 4.78 is 0. The molecule has 0 N–H and O–H groups in total. The maximum atomic E-state index is 5.48. The topological polar surface area (TPSA) is 25.8 Å². The zero-order valence-electron chi connectivity index (χ0n) is 35.2. The van der Waals surface area contributed by atoms with E-state index in [0.717, 1.165) is 33.5 Å². The summed E-state index contributed by atoms with van der Waals surface area (Å²) in [6.45, 7) is 9.57. The van der Waals surface area contributed by atoms with Crippen molar-refractivity contribution in [1.82, 2.24) is 9.97 Å². The van der Waals surface area contributed by atoms with Crippen LogP contribution in [-0.2, 0) is 10.8 Å². The third kappa shape index (κ3) is 4.70. The molecule has 0 bridgehead atoms. The van der Waals surface area contributed by atoms with Crippen molar-refractivity contribution in [3.05, 3.63) is 204 Å². The highest BCUT2D eigenvalue weighted by atomic mass is 14.8. The number of hydrogen-bond donors (Lipinski definition) is 0.